The molecule has 0 amide bonds. The van der Waals surface area contributed by atoms with E-state index in [1.807, 2.05) is 53.7 Å². The van der Waals surface area contributed by atoms with Crippen molar-refractivity contribution in [3.8, 4) is 0 Å². The molecule has 0 aliphatic rings. The predicted octanol–water partition coefficient (Wildman–Crippen LogP) is 4.89. The predicted molar refractivity (Wildman–Crippen MR) is 73.3 cm³/mol. The number of aryl methyl sites for hydroxylation is 2. The first-order valence-corrected chi connectivity index (χ1v) is 6.17. The Morgan fingerprint density at radius 2 is 1.62 bits per heavy atom. The van der Waals surface area contributed by atoms with Gasteiger partial charge in [-0.1, -0.05) is 45.4 Å². The van der Waals surface area contributed by atoms with Crippen molar-refractivity contribution in [3.05, 3.63) is 28.5 Å². The quantitative estimate of drug-likeness (QED) is 0.698. The molecule has 0 aliphatic heterocycles. The van der Waals surface area contributed by atoms with Crippen LogP contribution in [0.25, 0.3) is 11.0 Å². The third kappa shape index (κ3) is 3.24. The zero-order chi connectivity index (χ0) is 12.7. The lowest BCUT2D eigenvalue weighted by molar-refractivity contribution is 1.17. The number of H-pyrrole nitrogens is 1. The van der Waals surface area contributed by atoms with Crippen LogP contribution in [0.2, 0.25) is 5.02 Å². The van der Waals surface area contributed by atoms with E-state index in [9.17, 15) is 0 Å². The fraction of sp³-hybridized carbons (Fsp3) is 0.462. The molecule has 16 heavy (non-hydrogen) atoms. The van der Waals surface area contributed by atoms with Gasteiger partial charge in [0.2, 0.25) is 0 Å². The van der Waals surface area contributed by atoms with Gasteiger partial charge in [-0.15, -0.1) is 0 Å². The Kier molecular flexibility index (Phi) is 6.82. The van der Waals surface area contributed by atoms with Gasteiger partial charge in [0.1, 0.15) is 11.3 Å². The molecular formula is C13H21ClN2. The number of benzene rings is 1. The van der Waals surface area contributed by atoms with Gasteiger partial charge in [-0.3, -0.25) is 0 Å². The second-order valence-corrected chi connectivity index (χ2v) is 3.29. The van der Waals surface area contributed by atoms with E-state index in [4.69, 9.17) is 11.6 Å². The summed E-state index contributed by atoms with van der Waals surface area (Å²) in [5, 5.41) is 0.747. The molecule has 0 saturated carbocycles. The van der Waals surface area contributed by atoms with Crippen LogP contribution in [0.5, 0.6) is 0 Å². The highest BCUT2D eigenvalue weighted by Crippen LogP contribution is 2.24. The molecule has 0 bridgehead atoms. The maximum atomic E-state index is 6.06. The number of aromatic nitrogens is 2. The van der Waals surface area contributed by atoms with Gasteiger partial charge >= 0.3 is 0 Å². The van der Waals surface area contributed by atoms with Crippen LogP contribution in [0, 0.1) is 13.8 Å². The molecule has 1 aromatic heterocycles. The summed E-state index contributed by atoms with van der Waals surface area (Å²) in [5.74, 6) is 0.900. The molecule has 2 rings (SSSR count). The summed E-state index contributed by atoms with van der Waals surface area (Å²) in [7, 11) is 0. The van der Waals surface area contributed by atoms with Crippen LogP contribution in [-0.2, 0) is 0 Å². The van der Waals surface area contributed by atoms with Crippen molar-refractivity contribution < 1.29 is 0 Å². The number of aromatic amines is 1. The van der Waals surface area contributed by atoms with E-state index >= 15 is 0 Å². The summed E-state index contributed by atoms with van der Waals surface area (Å²) in [6, 6.07) is 3.98. The Bertz CT molecular complexity index is 433. The van der Waals surface area contributed by atoms with Gasteiger partial charge in [0, 0.05) is 0 Å². The number of nitrogens with one attached hydrogen (secondary N) is 1. The van der Waals surface area contributed by atoms with Crippen LogP contribution in [0.4, 0.5) is 0 Å². The summed E-state index contributed by atoms with van der Waals surface area (Å²) < 4.78 is 0. The summed E-state index contributed by atoms with van der Waals surface area (Å²) in [6.45, 7) is 11.9. The second-order valence-electron chi connectivity index (χ2n) is 2.91. The molecule has 0 aliphatic carbocycles. The van der Waals surface area contributed by atoms with E-state index in [1.54, 1.807) is 0 Å². The number of rotatable bonds is 0. The zero-order valence-corrected chi connectivity index (χ0v) is 11.7. The van der Waals surface area contributed by atoms with Gasteiger partial charge in [0.25, 0.3) is 0 Å². The molecule has 0 spiro atoms. The minimum absolute atomic E-state index is 0.747. The number of hydrogen-bond donors (Lipinski definition) is 1. The normalized spacial score (nSPS) is 8.94. The molecular weight excluding hydrogens is 220 g/mol. The van der Waals surface area contributed by atoms with Gasteiger partial charge in [0.15, 0.2) is 0 Å². The second kappa shape index (κ2) is 7.29. The van der Waals surface area contributed by atoms with Gasteiger partial charge in [-0.2, -0.15) is 0 Å². The van der Waals surface area contributed by atoms with Crippen molar-refractivity contribution in [3.63, 3.8) is 0 Å². The van der Waals surface area contributed by atoms with Crippen LogP contribution in [0.1, 0.15) is 39.1 Å². The van der Waals surface area contributed by atoms with Crippen molar-refractivity contribution in [1.82, 2.24) is 9.97 Å². The third-order valence-electron chi connectivity index (χ3n) is 1.90. The van der Waals surface area contributed by atoms with Crippen molar-refractivity contribution in [2.45, 2.75) is 41.5 Å². The maximum absolute atomic E-state index is 6.06. The SMILES string of the molecule is CC.CC.Cc1nc2c(Cl)c(C)ccc2[nH]1. The van der Waals surface area contributed by atoms with Crippen LogP contribution in [-0.4, -0.2) is 9.97 Å². The van der Waals surface area contributed by atoms with Gasteiger partial charge in [-0.25, -0.2) is 4.98 Å². The Hall–Kier alpha value is -1.02. The minimum atomic E-state index is 0.747. The number of hydrogen-bond acceptors (Lipinski definition) is 1. The molecule has 1 N–H and O–H groups in total. The van der Waals surface area contributed by atoms with Crippen LogP contribution in [0.15, 0.2) is 12.1 Å². The first-order chi connectivity index (χ1) is 7.68. The van der Waals surface area contributed by atoms with E-state index in [-0.39, 0.29) is 0 Å². The number of fused-ring (bicyclic) bond motifs is 1. The fourth-order valence-electron chi connectivity index (χ4n) is 1.27. The lowest BCUT2D eigenvalue weighted by Gasteiger charge is -1.95. The number of nitrogens with zero attached hydrogens (tertiary/aromatic N) is 1. The molecule has 2 nitrogen and oxygen atoms in total. The molecule has 2 aromatic rings. The molecule has 0 fully saturated rings. The number of imidazole rings is 1. The third-order valence-corrected chi connectivity index (χ3v) is 2.38. The Morgan fingerprint density at radius 3 is 2.19 bits per heavy atom. The Morgan fingerprint density at radius 1 is 1.06 bits per heavy atom. The molecule has 3 heteroatoms. The fourth-order valence-corrected chi connectivity index (χ4v) is 1.47. The molecule has 0 atom stereocenters. The van der Waals surface area contributed by atoms with E-state index < -0.39 is 0 Å². The number of halogens is 1. The molecule has 1 aromatic carbocycles. The highest BCUT2D eigenvalue weighted by Gasteiger charge is 2.05. The van der Waals surface area contributed by atoms with Crippen molar-refractivity contribution in [2.75, 3.05) is 0 Å². The van der Waals surface area contributed by atoms with Crippen molar-refractivity contribution >= 4 is 22.6 Å². The lowest BCUT2D eigenvalue weighted by Crippen LogP contribution is -1.76. The van der Waals surface area contributed by atoms with Crippen molar-refractivity contribution in [1.29, 1.82) is 0 Å². The van der Waals surface area contributed by atoms with Crippen LogP contribution >= 0.6 is 11.6 Å². The van der Waals surface area contributed by atoms with Crippen LogP contribution in [0.3, 0.4) is 0 Å². The molecule has 1 heterocycles. The van der Waals surface area contributed by atoms with E-state index in [1.165, 1.54) is 0 Å². The molecule has 0 radical (unpaired) electrons. The monoisotopic (exact) mass is 240 g/mol. The molecule has 0 saturated heterocycles. The summed E-state index contributed by atoms with van der Waals surface area (Å²) in [5.41, 5.74) is 2.94. The highest BCUT2D eigenvalue weighted by molar-refractivity contribution is 6.35. The van der Waals surface area contributed by atoms with E-state index in [0.29, 0.717) is 0 Å². The van der Waals surface area contributed by atoms with E-state index in [2.05, 4.69) is 9.97 Å². The van der Waals surface area contributed by atoms with Gasteiger partial charge in [0.05, 0.1) is 10.5 Å². The summed E-state index contributed by atoms with van der Waals surface area (Å²) in [4.78, 5) is 7.42. The topological polar surface area (TPSA) is 28.7 Å². The van der Waals surface area contributed by atoms with Crippen LogP contribution < -0.4 is 0 Å². The molecule has 90 valence electrons. The molecule has 0 unspecified atom stereocenters. The highest BCUT2D eigenvalue weighted by atomic mass is 35.5. The summed E-state index contributed by atoms with van der Waals surface area (Å²) >= 11 is 6.06. The summed E-state index contributed by atoms with van der Waals surface area (Å²) in [6.07, 6.45) is 0. The zero-order valence-electron chi connectivity index (χ0n) is 11.0. The average molecular weight is 241 g/mol. The minimum Gasteiger partial charge on any atom is -0.342 e. The van der Waals surface area contributed by atoms with Gasteiger partial charge in [-0.05, 0) is 25.5 Å². The Balaban J connectivity index is 0.000000509. The smallest absolute Gasteiger partial charge is 0.107 e. The lowest BCUT2D eigenvalue weighted by atomic mass is 10.2. The van der Waals surface area contributed by atoms with Gasteiger partial charge < -0.3 is 4.98 Å². The van der Waals surface area contributed by atoms with E-state index in [0.717, 1.165) is 27.4 Å². The largest absolute Gasteiger partial charge is 0.342 e. The maximum Gasteiger partial charge on any atom is 0.107 e. The Labute approximate surface area is 103 Å². The first kappa shape index (κ1) is 15.0. The standard InChI is InChI=1S/C9H9ClN2.2C2H6/c1-5-3-4-7-9(8(5)10)12-6(2)11-7;2*1-2/h3-4H,1-2H3,(H,11,12);2*1-2H3. The average Bonchev–Trinajstić information content (AvgIpc) is 2.71. The van der Waals surface area contributed by atoms with Crippen molar-refractivity contribution in [2.24, 2.45) is 0 Å². The first-order valence-electron chi connectivity index (χ1n) is 5.80.